The van der Waals surface area contributed by atoms with Crippen molar-refractivity contribution in [1.82, 2.24) is 4.90 Å². The molecule has 3 nitrogen and oxygen atoms in total. The SMILES string of the molecule is C[C@H]1CN(C2CC(C)(C(=O)O)C2)CC[C@@]12C=CC1C=CC=CC12. The largest absolute Gasteiger partial charge is 0.481 e. The summed E-state index contributed by atoms with van der Waals surface area (Å²) in [5.41, 5.74) is -0.180. The first-order valence-electron chi connectivity index (χ1n) is 8.96. The van der Waals surface area contributed by atoms with E-state index in [-0.39, 0.29) is 0 Å². The van der Waals surface area contributed by atoms with E-state index in [1.807, 2.05) is 6.92 Å². The summed E-state index contributed by atoms with van der Waals surface area (Å²) in [6, 6.07) is 0.471. The highest BCUT2D eigenvalue weighted by Gasteiger charge is 2.53. The number of allylic oxidation sites excluding steroid dienone is 6. The lowest BCUT2D eigenvalue weighted by molar-refractivity contribution is -0.159. The number of fused-ring (bicyclic) bond motifs is 2. The van der Waals surface area contributed by atoms with Crippen molar-refractivity contribution in [2.45, 2.75) is 39.2 Å². The fourth-order valence-corrected chi connectivity index (χ4v) is 5.43. The van der Waals surface area contributed by atoms with E-state index >= 15 is 0 Å². The number of piperidine rings is 1. The van der Waals surface area contributed by atoms with Gasteiger partial charge in [0.25, 0.3) is 0 Å². The molecule has 1 N–H and O–H groups in total. The summed E-state index contributed by atoms with van der Waals surface area (Å²) in [4.78, 5) is 13.9. The second-order valence-electron chi connectivity index (χ2n) is 8.42. The molecule has 2 unspecified atom stereocenters. The normalized spacial score (nSPS) is 48.4. The maximum Gasteiger partial charge on any atom is 0.309 e. The number of carboxylic acids is 1. The molecule has 1 saturated carbocycles. The van der Waals surface area contributed by atoms with Crippen molar-refractivity contribution in [3.63, 3.8) is 0 Å². The third-order valence-corrected chi connectivity index (χ3v) is 7.09. The van der Waals surface area contributed by atoms with Crippen LogP contribution >= 0.6 is 0 Å². The lowest BCUT2D eigenvalue weighted by Crippen LogP contribution is -2.58. The number of carboxylic acid groups (broad SMARTS) is 1. The molecule has 23 heavy (non-hydrogen) atoms. The van der Waals surface area contributed by atoms with Gasteiger partial charge < -0.3 is 5.11 Å². The third-order valence-electron chi connectivity index (χ3n) is 7.09. The van der Waals surface area contributed by atoms with Gasteiger partial charge in [-0.2, -0.15) is 0 Å². The van der Waals surface area contributed by atoms with E-state index in [2.05, 4.69) is 48.3 Å². The number of rotatable bonds is 2. The van der Waals surface area contributed by atoms with Crippen molar-refractivity contribution in [3.8, 4) is 0 Å². The predicted octanol–water partition coefficient (Wildman–Crippen LogP) is 3.50. The van der Waals surface area contributed by atoms with Crippen LogP contribution in [0.1, 0.15) is 33.1 Å². The van der Waals surface area contributed by atoms with E-state index in [9.17, 15) is 9.90 Å². The van der Waals surface area contributed by atoms with Crippen molar-refractivity contribution < 1.29 is 9.90 Å². The van der Waals surface area contributed by atoms with E-state index in [0.717, 1.165) is 25.9 Å². The Balaban J connectivity index is 1.44. The van der Waals surface area contributed by atoms with E-state index in [0.29, 0.717) is 29.2 Å². The molecule has 4 atom stereocenters. The van der Waals surface area contributed by atoms with Gasteiger partial charge in [-0.3, -0.25) is 9.69 Å². The first-order chi connectivity index (χ1) is 10.9. The highest BCUT2D eigenvalue weighted by molar-refractivity contribution is 5.75. The van der Waals surface area contributed by atoms with Crippen LogP contribution in [0.3, 0.4) is 0 Å². The highest BCUT2D eigenvalue weighted by atomic mass is 16.4. The zero-order chi connectivity index (χ0) is 16.2. The Labute approximate surface area is 138 Å². The summed E-state index contributed by atoms with van der Waals surface area (Å²) >= 11 is 0. The van der Waals surface area contributed by atoms with Crippen LogP contribution in [0.2, 0.25) is 0 Å². The number of hydrogen-bond acceptors (Lipinski definition) is 2. The molecule has 1 aliphatic heterocycles. The molecule has 4 aliphatic rings. The van der Waals surface area contributed by atoms with Gasteiger partial charge in [0.2, 0.25) is 0 Å². The zero-order valence-corrected chi connectivity index (χ0v) is 14.1. The molecule has 0 radical (unpaired) electrons. The van der Waals surface area contributed by atoms with Gasteiger partial charge in [0, 0.05) is 23.9 Å². The van der Waals surface area contributed by atoms with Gasteiger partial charge in [-0.15, -0.1) is 0 Å². The molecule has 2 fully saturated rings. The van der Waals surface area contributed by atoms with E-state index in [1.165, 1.54) is 6.42 Å². The number of nitrogens with zero attached hydrogens (tertiary/aromatic N) is 1. The fourth-order valence-electron chi connectivity index (χ4n) is 5.43. The van der Waals surface area contributed by atoms with Crippen LogP contribution in [0.15, 0.2) is 36.5 Å². The van der Waals surface area contributed by atoms with Crippen LogP contribution in [0.25, 0.3) is 0 Å². The number of hydrogen-bond donors (Lipinski definition) is 1. The number of carbonyl (C=O) groups is 1. The van der Waals surface area contributed by atoms with Crippen LogP contribution in [-0.2, 0) is 4.79 Å². The minimum atomic E-state index is -0.629. The second kappa shape index (κ2) is 5.07. The van der Waals surface area contributed by atoms with Crippen LogP contribution in [0.4, 0.5) is 0 Å². The summed E-state index contributed by atoms with van der Waals surface area (Å²) in [7, 11) is 0. The van der Waals surface area contributed by atoms with Crippen LogP contribution in [0.5, 0.6) is 0 Å². The first-order valence-corrected chi connectivity index (χ1v) is 8.96. The first kappa shape index (κ1) is 15.2. The maximum absolute atomic E-state index is 11.3. The summed E-state index contributed by atoms with van der Waals surface area (Å²) in [6.07, 6.45) is 16.8. The number of aliphatic carboxylic acids is 1. The Kier molecular flexibility index (Phi) is 3.35. The van der Waals surface area contributed by atoms with Crippen molar-refractivity contribution in [3.05, 3.63) is 36.5 Å². The molecule has 0 aromatic carbocycles. The molecule has 0 aromatic heterocycles. The average molecular weight is 313 g/mol. The van der Waals surface area contributed by atoms with Crippen molar-refractivity contribution in [1.29, 1.82) is 0 Å². The lowest BCUT2D eigenvalue weighted by Gasteiger charge is -2.54. The molecule has 1 saturated heterocycles. The van der Waals surface area contributed by atoms with Gasteiger partial charge in [0.05, 0.1) is 5.41 Å². The molecule has 1 heterocycles. The Morgan fingerprint density at radius 2 is 1.96 bits per heavy atom. The Morgan fingerprint density at radius 3 is 2.65 bits per heavy atom. The summed E-state index contributed by atoms with van der Waals surface area (Å²) in [6.45, 7) is 6.49. The van der Waals surface area contributed by atoms with Gasteiger partial charge in [0.15, 0.2) is 0 Å². The monoisotopic (exact) mass is 313 g/mol. The Morgan fingerprint density at radius 1 is 1.22 bits per heavy atom. The maximum atomic E-state index is 11.3. The van der Waals surface area contributed by atoms with Crippen molar-refractivity contribution >= 4 is 5.97 Å². The van der Waals surface area contributed by atoms with Gasteiger partial charge in [-0.05, 0) is 44.6 Å². The van der Waals surface area contributed by atoms with Crippen molar-refractivity contribution in [2.75, 3.05) is 13.1 Å². The molecule has 4 rings (SSSR count). The minimum absolute atomic E-state index is 0.308. The summed E-state index contributed by atoms with van der Waals surface area (Å²) in [5.74, 6) is 1.19. The third kappa shape index (κ3) is 2.16. The molecule has 1 spiro atoms. The zero-order valence-electron chi connectivity index (χ0n) is 14.1. The van der Waals surface area contributed by atoms with Crippen LogP contribution in [0, 0.1) is 28.6 Å². The average Bonchev–Trinajstić information content (AvgIpc) is 2.87. The van der Waals surface area contributed by atoms with Crippen LogP contribution in [-0.4, -0.2) is 35.1 Å². The van der Waals surface area contributed by atoms with Gasteiger partial charge >= 0.3 is 5.97 Å². The predicted molar refractivity (Wildman–Crippen MR) is 91.0 cm³/mol. The molecular formula is C20H27NO2. The van der Waals surface area contributed by atoms with Gasteiger partial charge in [-0.25, -0.2) is 0 Å². The van der Waals surface area contributed by atoms with Crippen molar-refractivity contribution in [2.24, 2.45) is 28.6 Å². The smallest absolute Gasteiger partial charge is 0.309 e. The quantitative estimate of drug-likeness (QED) is 0.793. The number of likely N-dealkylation sites (tertiary alicyclic amines) is 1. The molecule has 3 aliphatic carbocycles. The Hall–Kier alpha value is -1.35. The molecule has 0 amide bonds. The lowest BCUT2D eigenvalue weighted by atomic mass is 9.61. The molecular weight excluding hydrogens is 286 g/mol. The second-order valence-corrected chi connectivity index (χ2v) is 8.42. The van der Waals surface area contributed by atoms with E-state index < -0.39 is 11.4 Å². The van der Waals surface area contributed by atoms with E-state index in [4.69, 9.17) is 0 Å². The van der Waals surface area contributed by atoms with Crippen LogP contribution < -0.4 is 0 Å². The topological polar surface area (TPSA) is 40.5 Å². The fraction of sp³-hybridized carbons (Fsp3) is 0.650. The standard InChI is InChI=1S/C20H27NO2/c1-14-13-21(16-11-19(2,12-16)18(22)23)10-9-20(14)8-7-15-5-3-4-6-17(15)20/h3-8,14-17H,9-13H2,1-2H3,(H,22,23)/t14-,15?,16?,17?,19?,20-/m0/s1. The molecule has 0 aromatic rings. The van der Waals surface area contributed by atoms with E-state index in [1.54, 1.807) is 0 Å². The summed E-state index contributed by atoms with van der Waals surface area (Å²) in [5, 5.41) is 9.32. The van der Waals surface area contributed by atoms with Gasteiger partial charge in [0.1, 0.15) is 0 Å². The molecule has 124 valence electrons. The molecule has 0 bridgehead atoms. The minimum Gasteiger partial charge on any atom is -0.481 e. The molecule has 3 heteroatoms. The Bertz CT molecular complexity index is 599. The summed E-state index contributed by atoms with van der Waals surface area (Å²) < 4.78 is 0. The van der Waals surface area contributed by atoms with Gasteiger partial charge in [-0.1, -0.05) is 43.4 Å². The highest BCUT2D eigenvalue weighted by Crippen LogP contribution is 2.55.